The van der Waals surface area contributed by atoms with Crippen molar-refractivity contribution >= 4 is 11.7 Å². The molecule has 1 aromatic heterocycles. The number of nitrogens with zero attached hydrogens (tertiary/aromatic N) is 4. The number of urea groups is 1. The van der Waals surface area contributed by atoms with E-state index in [-0.39, 0.29) is 12.1 Å². The van der Waals surface area contributed by atoms with E-state index in [4.69, 9.17) is 0 Å². The number of amides is 2. The molecule has 4 rings (SSSR count). The molecule has 2 aromatic carbocycles. The lowest BCUT2D eigenvalue weighted by atomic mass is 10.1. The van der Waals surface area contributed by atoms with Crippen molar-refractivity contribution < 1.29 is 4.79 Å². The summed E-state index contributed by atoms with van der Waals surface area (Å²) in [6.45, 7) is 4.82. The van der Waals surface area contributed by atoms with Gasteiger partial charge >= 0.3 is 6.03 Å². The number of hydrogen-bond acceptors (Lipinski definition) is 3. The molecule has 1 N–H and O–H groups in total. The maximum absolute atomic E-state index is 12.9. The summed E-state index contributed by atoms with van der Waals surface area (Å²) in [6.07, 6.45) is 3.54. The molecule has 6 nitrogen and oxygen atoms in total. The summed E-state index contributed by atoms with van der Waals surface area (Å²) in [5.41, 5.74) is 4.19. The lowest BCUT2D eigenvalue weighted by molar-refractivity contribution is 0.204. The SMILES string of the molecule is Cc1ccc(NC(=O)N2CCCC2c2nncn2-c2ccccc2)cc1C. The van der Waals surface area contributed by atoms with Crippen LogP contribution < -0.4 is 5.32 Å². The van der Waals surface area contributed by atoms with Gasteiger partial charge < -0.3 is 10.2 Å². The number of rotatable bonds is 3. The van der Waals surface area contributed by atoms with Gasteiger partial charge in [0.25, 0.3) is 0 Å². The Balaban J connectivity index is 1.57. The predicted molar refractivity (Wildman–Crippen MR) is 105 cm³/mol. The Morgan fingerprint density at radius 1 is 1.11 bits per heavy atom. The van der Waals surface area contributed by atoms with Crippen LogP contribution in [0, 0.1) is 13.8 Å². The number of anilines is 1. The van der Waals surface area contributed by atoms with Crippen molar-refractivity contribution in [1.29, 1.82) is 0 Å². The van der Waals surface area contributed by atoms with E-state index in [0.717, 1.165) is 35.6 Å². The first-order valence-corrected chi connectivity index (χ1v) is 9.24. The summed E-state index contributed by atoms with van der Waals surface area (Å²) >= 11 is 0. The Morgan fingerprint density at radius 3 is 2.70 bits per heavy atom. The van der Waals surface area contributed by atoms with E-state index in [1.807, 2.05) is 64.9 Å². The zero-order chi connectivity index (χ0) is 18.8. The molecule has 0 radical (unpaired) electrons. The third-order valence-electron chi connectivity index (χ3n) is 5.18. The summed E-state index contributed by atoms with van der Waals surface area (Å²) in [4.78, 5) is 14.8. The highest BCUT2D eigenvalue weighted by Crippen LogP contribution is 2.32. The van der Waals surface area contributed by atoms with Crippen molar-refractivity contribution in [3.8, 4) is 5.69 Å². The Bertz CT molecular complexity index is 950. The molecule has 6 heteroatoms. The Kier molecular flexibility index (Phi) is 4.62. The number of aryl methyl sites for hydroxylation is 2. The van der Waals surface area contributed by atoms with E-state index in [0.29, 0.717) is 6.54 Å². The van der Waals surface area contributed by atoms with Gasteiger partial charge in [-0.1, -0.05) is 24.3 Å². The van der Waals surface area contributed by atoms with E-state index in [1.54, 1.807) is 6.33 Å². The largest absolute Gasteiger partial charge is 0.322 e. The smallest absolute Gasteiger partial charge is 0.314 e. The highest BCUT2D eigenvalue weighted by Gasteiger charge is 2.33. The quantitative estimate of drug-likeness (QED) is 0.758. The number of likely N-dealkylation sites (tertiary alicyclic amines) is 1. The number of carbonyl (C=O) groups excluding carboxylic acids is 1. The lowest BCUT2D eigenvalue weighted by Gasteiger charge is -2.25. The minimum Gasteiger partial charge on any atom is -0.314 e. The third kappa shape index (κ3) is 3.43. The molecule has 1 saturated heterocycles. The normalized spacial score (nSPS) is 16.5. The van der Waals surface area contributed by atoms with Crippen LogP contribution in [-0.2, 0) is 0 Å². The minimum absolute atomic E-state index is 0.0840. The van der Waals surface area contributed by atoms with Crippen molar-refractivity contribution in [1.82, 2.24) is 19.7 Å². The second-order valence-corrected chi connectivity index (χ2v) is 6.98. The van der Waals surface area contributed by atoms with Gasteiger partial charge in [-0.05, 0) is 62.1 Å². The summed E-state index contributed by atoms with van der Waals surface area (Å²) in [5, 5.41) is 11.5. The second-order valence-electron chi connectivity index (χ2n) is 6.98. The third-order valence-corrected chi connectivity index (χ3v) is 5.18. The van der Waals surface area contributed by atoms with E-state index >= 15 is 0 Å². The number of nitrogens with one attached hydrogen (secondary N) is 1. The van der Waals surface area contributed by atoms with Crippen LogP contribution in [0.25, 0.3) is 5.69 Å². The molecule has 1 aliphatic heterocycles. The van der Waals surface area contributed by atoms with Gasteiger partial charge in [-0.2, -0.15) is 0 Å². The van der Waals surface area contributed by atoms with Crippen molar-refractivity contribution in [3.63, 3.8) is 0 Å². The van der Waals surface area contributed by atoms with Crippen molar-refractivity contribution in [2.75, 3.05) is 11.9 Å². The standard InChI is InChI=1S/C21H23N5O/c1-15-10-11-17(13-16(15)2)23-21(27)25-12-6-9-19(25)20-24-22-14-26(20)18-7-4-3-5-8-18/h3-5,7-8,10-11,13-14,19H,6,9,12H2,1-2H3,(H,23,27). The van der Waals surface area contributed by atoms with Crippen LogP contribution in [0.3, 0.4) is 0 Å². The predicted octanol–water partition coefficient (Wildman–Crippen LogP) is 4.25. The maximum Gasteiger partial charge on any atom is 0.322 e. The van der Waals surface area contributed by atoms with E-state index in [9.17, 15) is 4.79 Å². The molecule has 0 spiro atoms. The molecule has 27 heavy (non-hydrogen) atoms. The molecule has 1 unspecified atom stereocenters. The average molecular weight is 361 g/mol. The Hall–Kier alpha value is -3.15. The average Bonchev–Trinajstić information content (AvgIpc) is 3.34. The van der Waals surface area contributed by atoms with Crippen LogP contribution in [0.2, 0.25) is 0 Å². The summed E-state index contributed by atoms with van der Waals surface area (Å²) < 4.78 is 1.96. The van der Waals surface area contributed by atoms with Crippen LogP contribution >= 0.6 is 0 Å². The van der Waals surface area contributed by atoms with Gasteiger partial charge in [0, 0.05) is 17.9 Å². The minimum atomic E-state index is -0.0941. The Morgan fingerprint density at radius 2 is 1.93 bits per heavy atom. The van der Waals surface area contributed by atoms with Crippen LogP contribution in [0.4, 0.5) is 10.5 Å². The fourth-order valence-corrected chi connectivity index (χ4v) is 3.55. The summed E-state index contributed by atoms with van der Waals surface area (Å²) in [7, 11) is 0. The molecular formula is C21H23N5O. The number of carbonyl (C=O) groups is 1. The number of benzene rings is 2. The molecule has 1 fully saturated rings. The zero-order valence-corrected chi connectivity index (χ0v) is 15.6. The van der Waals surface area contributed by atoms with Gasteiger partial charge in [0.2, 0.25) is 0 Å². The zero-order valence-electron chi connectivity index (χ0n) is 15.6. The van der Waals surface area contributed by atoms with Crippen molar-refractivity contribution in [3.05, 3.63) is 71.8 Å². The fourth-order valence-electron chi connectivity index (χ4n) is 3.55. The maximum atomic E-state index is 12.9. The monoisotopic (exact) mass is 361 g/mol. The summed E-state index contributed by atoms with van der Waals surface area (Å²) in [6, 6.07) is 15.8. The molecule has 0 saturated carbocycles. The number of hydrogen-bond donors (Lipinski definition) is 1. The topological polar surface area (TPSA) is 63.1 Å². The van der Waals surface area contributed by atoms with E-state index in [2.05, 4.69) is 22.4 Å². The van der Waals surface area contributed by atoms with Crippen LogP contribution in [-0.4, -0.2) is 32.2 Å². The first kappa shape index (κ1) is 17.3. The molecule has 2 heterocycles. The van der Waals surface area contributed by atoms with Crippen LogP contribution in [0.15, 0.2) is 54.9 Å². The number of para-hydroxylation sites is 1. The van der Waals surface area contributed by atoms with Gasteiger partial charge in [-0.15, -0.1) is 10.2 Å². The van der Waals surface area contributed by atoms with Crippen LogP contribution in [0.5, 0.6) is 0 Å². The van der Waals surface area contributed by atoms with Gasteiger partial charge in [0.15, 0.2) is 5.82 Å². The van der Waals surface area contributed by atoms with E-state index < -0.39 is 0 Å². The molecule has 0 bridgehead atoms. The Labute approximate surface area is 158 Å². The molecule has 3 aromatic rings. The molecule has 2 amide bonds. The lowest BCUT2D eigenvalue weighted by Crippen LogP contribution is -2.35. The molecule has 138 valence electrons. The first-order chi connectivity index (χ1) is 13.1. The first-order valence-electron chi connectivity index (χ1n) is 9.24. The van der Waals surface area contributed by atoms with Crippen molar-refractivity contribution in [2.45, 2.75) is 32.7 Å². The molecule has 1 aliphatic rings. The van der Waals surface area contributed by atoms with Gasteiger partial charge in [0.05, 0.1) is 6.04 Å². The summed E-state index contributed by atoms with van der Waals surface area (Å²) in [5.74, 6) is 0.800. The van der Waals surface area contributed by atoms with E-state index in [1.165, 1.54) is 5.56 Å². The number of aromatic nitrogens is 3. The fraction of sp³-hybridized carbons (Fsp3) is 0.286. The molecule has 0 aliphatic carbocycles. The van der Waals surface area contributed by atoms with Crippen LogP contribution in [0.1, 0.15) is 35.8 Å². The van der Waals surface area contributed by atoms with Crippen molar-refractivity contribution in [2.24, 2.45) is 0 Å². The van der Waals surface area contributed by atoms with Gasteiger partial charge in [0.1, 0.15) is 6.33 Å². The highest BCUT2D eigenvalue weighted by atomic mass is 16.2. The van der Waals surface area contributed by atoms with Gasteiger partial charge in [-0.25, -0.2) is 4.79 Å². The molecular weight excluding hydrogens is 338 g/mol. The van der Waals surface area contributed by atoms with Gasteiger partial charge in [-0.3, -0.25) is 4.57 Å². The highest BCUT2D eigenvalue weighted by molar-refractivity contribution is 5.90. The second kappa shape index (κ2) is 7.23. The molecule has 1 atom stereocenters.